The van der Waals surface area contributed by atoms with Crippen molar-refractivity contribution in [3.63, 3.8) is 0 Å². The number of hydrogen-bond acceptors (Lipinski definition) is 10. The van der Waals surface area contributed by atoms with Gasteiger partial charge in [-0.3, -0.25) is 19.9 Å². The molecule has 0 fully saturated rings. The van der Waals surface area contributed by atoms with E-state index in [1.807, 2.05) is 60.7 Å². The molecule has 0 saturated carbocycles. The van der Waals surface area contributed by atoms with E-state index in [1.54, 1.807) is 37.2 Å². The molecule has 0 radical (unpaired) electrons. The van der Waals surface area contributed by atoms with Crippen molar-refractivity contribution in [3.8, 4) is 90.6 Å². The van der Waals surface area contributed by atoms with Crippen molar-refractivity contribution in [2.75, 3.05) is 0 Å². The normalized spacial score (nSPS) is 11.6. The third-order valence-corrected chi connectivity index (χ3v) is 13.5. The average molecular weight is 921 g/mol. The van der Waals surface area contributed by atoms with Gasteiger partial charge in [0, 0.05) is 81.3 Å². The highest BCUT2D eigenvalue weighted by Crippen LogP contribution is 2.43. The zero-order chi connectivity index (χ0) is 47.5. The van der Waals surface area contributed by atoms with Gasteiger partial charge in [0.2, 0.25) is 0 Å². The summed E-state index contributed by atoms with van der Waals surface area (Å²) in [5.41, 5.74) is 11.3. The third-order valence-electron chi connectivity index (χ3n) is 13.5. The van der Waals surface area contributed by atoms with Crippen LogP contribution >= 0.6 is 0 Å². The van der Waals surface area contributed by atoms with E-state index in [1.165, 1.54) is 0 Å². The second kappa shape index (κ2) is 16.9. The molecule has 0 bridgehead atoms. The van der Waals surface area contributed by atoms with E-state index in [0.29, 0.717) is 34.9 Å². The van der Waals surface area contributed by atoms with E-state index in [2.05, 4.69) is 141 Å². The van der Waals surface area contributed by atoms with Gasteiger partial charge in [-0.15, -0.1) is 0 Å². The first-order valence-corrected chi connectivity index (χ1v) is 23.6. The number of pyridine rings is 4. The lowest BCUT2D eigenvalue weighted by molar-refractivity contribution is 1.08. The Balaban J connectivity index is 0.952. The molecular formula is C62H36N10. The molecule has 0 amide bonds. The van der Waals surface area contributed by atoms with Gasteiger partial charge in [-0.2, -0.15) is 0 Å². The third kappa shape index (κ3) is 7.04. The Morgan fingerprint density at radius 3 is 0.986 bits per heavy atom. The molecule has 0 aliphatic heterocycles. The summed E-state index contributed by atoms with van der Waals surface area (Å²) in [6.07, 6.45) is 10.8. The predicted octanol–water partition coefficient (Wildman–Crippen LogP) is 14.2. The number of hydrogen-bond donors (Lipinski definition) is 0. The van der Waals surface area contributed by atoms with Crippen molar-refractivity contribution >= 4 is 54.1 Å². The zero-order valence-electron chi connectivity index (χ0n) is 38.3. The van der Waals surface area contributed by atoms with Gasteiger partial charge in [0.15, 0.2) is 34.9 Å². The van der Waals surface area contributed by atoms with Crippen LogP contribution in [0.3, 0.4) is 0 Å². The predicted molar refractivity (Wildman–Crippen MR) is 287 cm³/mol. The summed E-state index contributed by atoms with van der Waals surface area (Å²) in [4.78, 5) is 49.2. The Labute approximate surface area is 411 Å². The monoisotopic (exact) mass is 920 g/mol. The van der Waals surface area contributed by atoms with Crippen LogP contribution in [-0.4, -0.2) is 49.8 Å². The highest BCUT2D eigenvalue weighted by molar-refractivity contribution is 6.27. The van der Waals surface area contributed by atoms with Crippen LogP contribution in [0.2, 0.25) is 0 Å². The number of rotatable bonds is 8. The largest absolute Gasteiger partial charge is 0.265 e. The molecule has 0 unspecified atom stereocenters. The maximum absolute atomic E-state index is 5.29. The van der Waals surface area contributed by atoms with Crippen molar-refractivity contribution in [2.45, 2.75) is 0 Å². The van der Waals surface area contributed by atoms with Crippen LogP contribution in [0.5, 0.6) is 0 Å². The molecule has 334 valence electrons. The molecular weight excluding hydrogens is 885 g/mol. The second-order valence-electron chi connectivity index (χ2n) is 17.6. The van der Waals surface area contributed by atoms with Crippen LogP contribution in [0, 0.1) is 0 Å². The second-order valence-corrected chi connectivity index (χ2v) is 17.6. The summed E-state index contributed by atoms with van der Waals surface area (Å²) in [6.45, 7) is 0. The first-order chi connectivity index (χ1) is 35.7. The van der Waals surface area contributed by atoms with Crippen molar-refractivity contribution in [2.24, 2.45) is 0 Å². The van der Waals surface area contributed by atoms with Crippen LogP contribution < -0.4 is 0 Å². The minimum absolute atomic E-state index is 0.565. The summed E-state index contributed by atoms with van der Waals surface area (Å²) in [7, 11) is 0. The van der Waals surface area contributed by atoms with Gasteiger partial charge in [0.25, 0.3) is 0 Å². The van der Waals surface area contributed by atoms with E-state index in [-0.39, 0.29) is 0 Å². The summed E-state index contributed by atoms with van der Waals surface area (Å²) in [5.74, 6) is 3.41. The lowest BCUT2D eigenvalue weighted by Gasteiger charge is -2.17. The topological polar surface area (TPSA) is 129 Å². The van der Waals surface area contributed by atoms with Gasteiger partial charge >= 0.3 is 0 Å². The average Bonchev–Trinajstić information content (AvgIpc) is 3.46. The summed E-state index contributed by atoms with van der Waals surface area (Å²) in [5, 5.41) is 8.36. The quantitative estimate of drug-likeness (QED) is 0.136. The molecule has 6 aromatic heterocycles. The molecule has 0 aliphatic carbocycles. The van der Waals surface area contributed by atoms with Crippen molar-refractivity contribution in [1.29, 1.82) is 0 Å². The minimum Gasteiger partial charge on any atom is -0.265 e. The molecule has 0 saturated heterocycles. The van der Waals surface area contributed by atoms with Crippen molar-refractivity contribution < 1.29 is 0 Å². The fourth-order valence-corrected chi connectivity index (χ4v) is 9.99. The van der Waals surface area contributed by atoms with Gasteiger partial charge < -0.3 is 0 Å². The van der Waals surface area contributed by atoms with Gasteiger partial charge in [0.05, 0.1) is 11.0 Å². The van der Waals surface area contributed by atoms with E-state index >= 15 is 0 Å². The first kappa shape index (κ1) is 41.0. The van der Waals surface area contributed by atoms with Crippen LogP contribution in [0.15, 0.2) is 219 Å². The standard InChI is InChI=1S/C62H36N10/c1-5-49(45-7-3-31-65-53(45)9-1)59-67-57(43-15-11-37(12-16-43)39-27-33-63-34-28-39)69-61(71-59)51-25-21-41-20-24-48-52(26-22-42-19-23-47(51)55(41)56(42)48)62-70-58(44-17-13-38(14-18-44)40-29-35-64-36-30-40)68-60(72-62)50-6-2-10-54-46(50)8-4-32-66-54/h1-36H. The van der Waals surface area contributed by atoms with E-state index in [9.17, 15) is 0 Å². The molecule has 72 heavy (non-hydrogen) atoms. The maximum atomic E-state index is 5.29. The Morgan fingerprint density at radius 2 is 0.569 bits per heavy atom. The maximum Gasteiger partial charge on any atom is 0.164 e. The van der Waals surface area contributed by atoms with Crippen LogP contribution in [0.25, 0.3) is 145 Å². The van der Waals surface area contributed by atoms with Crippen LogP contribution in [0.4, 0.5) is 0 Å². The molecule has 14 rings (SSSR count). The molecule has 6 heterocycles. The Morgan fingerprint density at radius 1 is 0.222 bits per heavy atom. The van der Waals surface area contributed by atoms with Crippen LogP contribution in [-0.2, 0) is 0 Å². The number of nitrogens with zero attached hydrogens (tertiary/aromatic N) is 10. The van der Waals surface area contributed by atoms with Gasteiger partial charge in [-0.05, 0) is 115 Å². The molecule has 0 atom stereocenters. The summed E-state index contributed by atoms with van der Waals surface area (Å²) < 4.78 is 0. The van der Waals surface area contributed by atoms with E-state index in [0.717, 1.165) is 110 Å². The summed E-state index contributed by atoms with van der Waals surface area (Å²) in [6, 6.07) is 62.2. The highest BCUT2D eigenvalue weighted by Gasteiger charge is 2.22. The van der Waals surface area contributed by atoms with Gasteiger partial charge in [0.1, 0.15) is 0 Å². The molecule has 0 aliphatic rings. The SMILES string of the molecule is c1cc(-c2nc(-c3ccc(-c4ccncc4)cc3)nc(-c3ccc4ccc5c(-c6nc(-c7ccc(-c8ccncc8)cc7)nc(-c7cccc8ncccc78)n6)ccc6ccc3c4c65)n2)c2cccnc2c1. The molecule has 8 aromatic carbocycles. The molecule has 14 aromatic rings. The lowest BCUT2D eigenvalue weighted by Crippen LogP contribution is -2.02. The Kier molecular flexibility index (Phi) is 9.59. The zero-order valence-corrected chi connectivity index (χ0v) is 38.3. The van der Waals surface area contributed by atoms with E-state index in [4.69, 9.17) is 29.9 Å². The number of benzene rings is 8. The number of fused-ring (bicyclic) bond motifs is 2. The lowest BCUT2D eigenvalue weighted by atomic mass is 9.89. The smallest absolute Gasteiger partial charge is 0.164 e. The summed E-state index contributed by atoms with van der Waals surface area (Å²) >= 11 is 0. The molecule has 10 heteroatoms. The van der Waals surface area contributed by atoms with Crippen molar-refractivity contribution in [3.05, 3.63) is 219 Å². The first-order valence-electron chi connectivity index (χ1n) is 23.6. The fraction of sp³-hybridized carbons (Fsp3) is 0. The fourth-order valence-electron chi connectivity index (χ4n) is 9.99. The number of aromatic nitrogens is 10. The highest BCUT2D eigenvalue weighted by atomic mass is 15.0. The Hall–Kier alpha value is -10.1. The molecule has 10 nitrogen and oxygen atoms in total. The molecule has 0 spiro atoms. The minimum atomic E-state index is 0.565. The molecule has 0 N–H and O–H groups in total. The Bertz CT molecular complexity index is 4080. The van der Waals surface area contributed by atoms with Gasteiger partial charge in [-0.1, -0.05) is 121 Å². The van der Waals surface area contributed by atoms with Crippen molar-refractivity contribution in [1.82, 2.24) is 49.8 Å². The van der Waals surface area contributed by atoms with E-state index < -0.39 is 0 Å². The van der Waals surface area contributed by atoms with Crippen LogP contribution in [0.1, 0.15) is 0 Å². The van der Waals surface area contributed by atoms with Gasteiger partial charge in [-0.25, -0.2) is 29.9 Å².